The SMILES string of the molecule is Cc1c(C(=O)Nc2ccn(Cc3c(F)cccc3Cl)n2)c(-c2ccccc2)nn1-c1ccccc1. The molecule has 2 heterocycles. The summed E-state index contributed by atoms with van der Waals surface area (Å²) in [5, 5.41) is 12.3. The third-order valence-corrected chi connectivity index (χ3v) is 6.01. The zero-order valence-corrected chi connectivity index (χ0v) is 19.6. The van der Waals surface area contributed by atoms with E-state index < -0.39 is 5.82 Å². The number of benzene rings is 3. The number of para-hydroxylation sites is 1. The number of halogens is 2. The van der Waals surface area contributed by atoms with Crippen LogP contribution in [0.15, 0.2) is 91.1 Å². The number of hydrogen-bond acceptors (Lipinski definition) is 3. The molecule has 1 amide bonds. The molecule has 35 heavy (non-hydrogen) atoms. The Kier molecular flexibility index (Phi) is 6.16. The highest BCUT2D eigenvalue weighted by molar-refractivity contribution is 6.31. The van der Waals surface area contributed by atoms with Crippen molar-refractivity contribution in [3.05, 3.63) is 119 Å². The summed E-state index contributed by atoms with van der Waals surface area (Å²) in [5.74, 6) is -0.402. The Balaban J connectivity index is 1.46. The van der Waals surface area contributed by atoms with Gasteiger partial charge in [-0.15, -0.1) is 0 Å². The largest absolute Gasteiger partial charge is 0.305 e. The summed E-state index contributed by atoms with van der Waals surface area (Å²) in [6, 6.07) is 25.4. The predicted molar refractivity (Wildman–Crippen MR) is 134 cm³/mol. The molecule has 0 saturated carbocycles. The quantitative estimate of drug-likeness (QED) is 0.314. The lowest BCUT2D eigenvalue weighted by molar-refractivity contribution is 0.102. The van der Waals surface area contributed by atoms with Crippen LogP contribution in [0.1, 0.15) is 21.6 Å². The maximum absolute atomic E-state index is 14.2. The Hall–Kier alpha value is -4.23. The van der Waals surface area contributed by atoms with Crippen molar-refractivity contribution in [2.75, 3.05) is 5.32 Å². The van der Waals surface area contributed by atoms with Crippen LogP contribution >= 0.6 is 11.6 Å². The number of carbonyl (C=O) groups excluding carboxylic acids is 1. The Morgan fingerprint density at radius 1 is 0.943 bits per heavy atom. The molecule has 3 aromatic carbocycles. The van der Waals surface area contributed by atoms with E-state index in [0.29, 0.717) is 33.4 Å². The molecule has 0 fully saturated rings. The molecule has 8 heteroatoms. The molecule has 5 rings (SSSR count). The highest BCUT2D eigenvalue weighted by atomic mass is 35.5. The average molecular weight is 486 g/mol. The molecule has 0 bridgehead atoms. The Bertz CT molecular complexity index is 1470. The maximum atomic E-state index is 14.2. The number of rotatable bonds is 6. The van der Waals surface area contributed by atoms with Crippen molar-refractivity contribution in [3.63, 3.8) is 0 Å². The van der Waals surface area contributed by atoms with Gasteiger partial charge in [-0.05, 0) is 31.2 Å². The normalized spacial score (nSPS) is 10.9. The standard InChI is InChI=1S/C27H21ClFN5O/c1-18-25(26(19-9-4-2-5-10-19)32-34(18)20-11-6-3-7-12-20)27(35)30-24-15-16-33(31-24)17-21-22(28)13-8-14-23(21)29/h2-16H,17H2,1H3,(H,30,31,35). The summed E-state index contributed by atoms with van der Waals surface area (Å²) >= 11 is 6.14. The Morgan fingerprint density at radius 2 is 1.66 bits per heavy atom. The second-order valence-corrected chi connectivity index (χ2v) is 8.38. The van der Waals surface area contributed by atoms with Crippen LogP contribution in [0, 0.1) is 12.7 Å². The molecule has 0 aliphatic carbocycles. The Morgan fingerprint density at radius 3 is 2.37 bits per heavy atom. The van der Waals surface area contributed by atoms with E-state index in [9.17, 15) is 9.18 Å². The third kappa shape index (κ3) is 4.58. The lowest BCUT2D eigenvalue weighted by Gasteiger charge is -2.07. The summed E-state index contributed by atoms with van der Waals surface area (Å²) in [6.45, 7) is 2.00. The van der Waals surface area contributed by atoms with Gasteiger partial charge in [0.25, 0.3) is 5.91 Å². The fourth-order valence-electron chi connectivity index (χ4n) is 3.93. The molecule has 0 spiro atoms. The van der Waals surface area contributed by atoms with Crippen molar-refractivity contribution in [2.24, 2.45) is 0 Å². The van der Waals surface area contributed by atoms with Gasteiger partial charge in [-0.1, -0.05) is 66.2 Å². The van der Waals surface area contributed by atoms with E-state index >= 15 is 0 Å². The van der Waals surface area contributed by atoms with Gasteiger partial charge >= 0.3 is 0 Å². The van der Waals surface area contributed by atoms with Gasteiger partial charge < -0.3 is 5.32 Å². The summed E-state index contributed by atoms with van der Waals surface area (Å²) < 4.78 is 17.4. The minimum Gasteiger partial charge on any atom is -0.305 e. The summed E-state index contributed by atoms with van der Waals surface area (Å²) in [4.78, 5) is 13.5. The lowest BCUT2D eigenvalue weighted by Crippen LogP contribution is -2.15. The first-order chi connectivity index (χ1) is 17.0. The van der Waals surface area contributed by atoms with Gasteiger partial charge in [0.05, 0.1) is 23.5 Å². The third-order valence-electron chi connectivity index (χ3n) is 5.66. The van der Waals surface area contributed by atoms with Crippen LogP contribution in [0.4, 0.5) is 10.2 Å². The van der Waals surface area contributed by atoms with Crippen molar-refractivity contribution in [1.29, 1.82) is 0 Å². The Labute approximate surface area is 206 Å². The minimum atomic E-state index is -0.407. The number of nitrogens with one attached hydrogen (secondary N) is 1. The molecule has 0 saturated heterocycles. The van der Waals surface area contributed by atoms with Gasteiger partial charge in [-0.3, -0.25) is 9.48 Å². The summed E-state index contributed by atoms with van der Waals surface area (Å²) in [6.07, 6.45) is 1.66. The minimum absolute atomic E-state index is 0.140. The van der Waals surface area contributed by atoms with E-state index in [1.807, 2.05) is 67.6 Å². The molecular weight excluding hydrogens is 465 g/mol. The molecule has 0 aliphatic rings. The lowest BCUT2D eigenvalue weighted by atomic mass is 10.1. The van der Waals surface area contributed by atoms with Crippen LogP contribution in [0.2, 0.25) is 5.02 Å². The molecule has 5 aromatic rings. The summed E-state index contributed by atoms with van der Waals surface area (Å²) in [7, 11) is 0. The van der Waals surface area contributed by atoms with Gasteiger partial charge in [0, 0.05) is 28.4 Å². The van der Waals surface area contributed by atoms with E-state index in [4.69, 9.17) is 16.7 Å². The number of carbonyl (C=O) groups is 1. The van der Waals surface area contributed by atoms with Gasteiger partial charge in [0.15, 0.2) is 5.82 Å². The first kappa shape index (κ1) is 22.6. The van der Waals surface area contributed by atoms with E-state index in [1.54, 1.807) is 29.1 Å². The van der Waals surface area contributed by atoms with Crippen molar-refractivity contribution >= 4 is 23.3 Å². The second-order valence-electron chi connectivity index (χ2n) is 7.98. The van der Waals surface area contributed by atoms with Crippen LogP contribution in [-0.2, 0) is 6.54 Å². The number of aromatic nitrogens is 4. The maximum Gasteiger partial charge on any atom is 0.261 e. The van der Waals surface area contributed by atoms with Crippen molar-refractivity contribution in [3.8, 4) is 16.9 Å². The average Bonchev–Trinajstić information content (AvgIpc) is 3.46. The first-order valence-electron chi connectivity index (χ1n) is 11.0. The highest BCUT2D eigenvalue weighted by Crippen LogP contribution is 2.28. The first-order valence-corrected chi connectivity index (χ1v) is 11.4. The fourth-order valence-corrected chi connectivity index (χ4v) is 4.16. The van der Waals surface area contributed by atoms with E-state index in [-0.39, 0.29) is 12.5 Å². The molecule has 0 atom stereocenters. The molecule has 6 nitrogen and oxygen atoms in total. The molecule has 0 radical (unpaired) electrons. The van der Waals surface area contributed by atoms with Crippen LogP contribution in [0.25, 0.3) is 16.9 Å². The topological polar surface area (TPSA) is 64.7 Å². The molecule has 2 aromatic heterocycles. The van der Waals surface area contributed by atoms with Crippen LogP contribution < -0.4 is 5.32 Å². The van der Waals surface area contributed by atoms with Gasteiger partial charge in [-0.25, -0.2) is 9.07 Å². The summed E-state index contributed by atoms with van der Waals surface area (Å²) in [5.41, 5.74) is 3.74. The fraction of sp³-hybridized carbons (Fsp3) is 0.0741. The second kappa shape index (κ2) is 9.56. The molecule has 174 valence electrons. The number of anilines is 1. The number of nitrogens with zero attached hydrogens (tertiary/aromatic N) is 4. The van der Waals surface area contributed by atoms with Gasteiger partial charge in [-0.2, -0.15) is 10.2 Å². The van der Waals surface area contributed by atoms with Gasteiger partial charge in [0.2, 0.25) is 0 Å². The van der Waals surface area contributed by atoms with E-state index in [1.165, 1.54) is 10.7 Å². The zero-order chi connectivity index (χ0) is 24.4. The molecule has 0 aliphatic heterocycles. The van der Waals surface area contributed by atoms with Crippen LogP contribution in [-0.4, -0.2) is 25.5 Å². The number of amides is 1. The molecule has 1 N–H and O–H groups in total. The van der Waals surface area contributed by atoms with Crippen molar-refractivity contribution in [1.82, 2.24) is 19.6 Å². The van der Waals surface area contributed by atoms with Crippen molar-refractivity contribution in [2.45, 2.75) is 13.5 Å². The zero-order valence-electron chi connectivity index (χ0n) is 18.8. The van der Waals surface area contributed by atoms with Crippen LogP contribution in [0.5, 0.6) is 0 Å². The predicted octanol–water partition coefficient (Wildman–Crippen LogP) is 6.14. The molecule has 0 unspecified atom stereocenters. The van der Waals surface area contributed by atoms with Crippen LogP contribution in [0.3, 0.4) is 0 Å². The van der Waals surface area contributed by atoms with E-state index in [2.05, 4.69) is 10.4 Å². The van der Waals surface area contributed by atoms with E-state index in [0.717, 1.165) is 11.3 Å². The molecular formula is C27H21ClFN5O. The smallest absolute Gasteiger partial charge is 0.261 e. The number of hydrogen-bond donors (Lipinski definition) is 1. The van der Waals surface area contributed by atoms with Gasteiger partial charge in [0.1, 0.15) is 11.5 Å². The monoisotopic (exact) mass is 485 g/mol. The van der Waals surface area contributed by atoms with Crippen molar-refractivity contribution < 1.29 is 9.18 Å². The highest BCUT2D eigenvalue weighted by Gasteiger charge is 2.24.